The van der Waals surface area contributed by atoms with Crippen molar-refractivity contribution in [2.24, 2.45) is 0 Å². The Morgan fingerprint density at radius 2 is 1.92 bits per heavy atom. The van der Waals surface area contributed by atoms with Crippen LogP contribution in [0.1, 0.15) is 29.7 Å². The molecule has 0 unspecified atom stereocenters. The zero-order chi connectivity index (χ0) is 24.8. The number of thiophene rings is 1. The minimum absolute atomic E-state index is 0.00363. The van der Waals surface area contributed by atoms with E-state index in [2.05, 4.69) is 10.3 Å². The number of aromatic nitrogens is 1. The van der Waals surface area contributed by atoms with Crippen molar-refractivity contribution in [3.05, 3.63) is 45.9 Å². The molecular formula is C26H25ClN4O4S. The molecule has 186 valence electrons. The summed E-state index contributed by atoms with van der Waals surface area (Å²) in [5.74, 6) is 0.428. The first-order valence-electron chi connectivity index (χ1n) is 12.2. The monoisotopic (exact) mass is 524 g/mol. The van der Waals surface area contributed by atoms with Gasteiger partial charge in [-0.2, -0.15) is 0 Å². The molecule has 0 aliphatic carbocycles. The quantitative estimate of drug-likeness (QED) is 0.526. The maximum absolute atomic E-state index is 13.1. The number of hydrogen-bond acceptors (Lipinski definition) is 7. The van der Waals surface area contributed by atoms with Gasteiger partial charge in [-0.3, -0.25) is 24.3 Å². The van der Waals surface area contributed by atoms with Gasteiger partial charge in [0.05, 0.1) is 16.8 Å². The Kier molecular flexibility index (Phi) is 6.15. The van der Waals surface area contributed by atoms with E-state index in [9.17, 15) is 14.4 Å². The van der Waals surface area contributed by atoms with Crippen molar-refractivity contribution in [1.82, 2.24) is 20.1 Å². The first kappa shape index (κ1) is 23.4. The van der Waals surface area contributed by atoms with Crippen LogP contribution in [0.4, 0.5) is 0 Å². The van der Waals surface area contributed by atoms with Gasteiger partial charge in [-0.25, -0.2) is 0 Å². The third-order valence-corrected chi connectivity index (χ3v) is 8.31. The number of imide groups is 1. The lowest BCUT2D eigenvalue weighted by atomic mass is 10.0. The van der Waals surface area contributed by atoms with Crippen molar-refractivity contribution in [1.29, 1.82) is 0 Å². The average Bonchev–Trinajstić information content (AvgIpc) is 3.49. The largest absolute Gasteiger partial charge is 0.479 e. The molecule has 3 aromatic rings. The smallest absolute Gasteiger partial charge is 0.264 e. The van der Waals surface area contributed by atoms with E-state index in [0.29, 0.717) is 49.5 Å². The van der Waals surface area contributed by atoms with Gasteiger partial charge in [-0.05, 0) is 30.7 Å². The molecule has 0 radical (unpaired) electrons. The second-order valence-corrected chi connectivity index (χ2v) is 10.9. The highest BCUT2D eigenvalue weighted by molar-refractivity contribution is 7.19. The zero-order valence-electron chi connectivity index (χ0n) is 19.6. The van der Waals surface area contributed by atoms with Gasteiger partial charge < -0.3 is 15.0 Å². The fraction of sp³-hybridized carbons (Fsp3) is 0.385. The lowest BCUT2D eigenvalue weighted by molar-refractivity contribution is -0.148. The molecule has 2 aromatic heterocycles. The van der Waals surface area contributed by atoms with E-state index < -0.39 is 6.10 Å². The van der Waals surface area contributed by atoms with Gasteiger partial charge in [0.15, 0.2) is 6.10 Å². The van der Waals surface area contributed by atoms with Crippen LogP contribution < -0.4 is 10.1 Å². The number of likely N-dealkylation sites (tertiary alicyclic amines) is 1. The van der Waals surface area contributed by atoms with Crippen molar-refractivity contribution in [2.75, 3.05) is 26.2 Å². The van der Waals surface area contributed by atoms with Crippen molar-refractivity contribution < 1.29 is 19.1 Å². The van der Waals surface area contributed by atoms with Crippen LogP contribution in [0, 0.1) is 0 Å². The number of halogens is 1. The molecule has 3 amide bonds. The van der Waals surface area contributed by atoms with Gasteiger partial charge in [0.2, 0.25) is 11.8 Å². The number of ether oxygens (including phenoxy) is 1. The van der Waals surface area contributed by atoms with Crippen LogP contribution >= 0.6 is 22.9 Å². The van der Waals surface area contributed by atoms with Gasteiger partial charge in [0, 0.05) is 78.2 Å². The molecule has 2 saturated heterocycles. The number of pyridine rings is 1. The van der Waals surface area contributed by atoms with E-state index in [4.69, 9.17) is 16.3 Å². The first-order chi connectivity index (χ1) is 17.5. The zero-order valence-corrected chi connectivity index (χ0v) is 21.2. The molecule has 5 heterocycles. The number of fused-ring (bicyclic) bond motifs is 2. The molecule has 0 spiro atoms. The van der Waals surface area contributed by atoms with Gasteiger partial charge in [-0.15, -0.1) is 11.3 Å². The minimum Gasteiger partial charge on any atom is -0.479 e. The number of nitrogens with one attached hydrogen (secondary N) is 1. The lowest BCUT2D eigenvalue weighted by Crippen LogP contribution is -2.50. The molecule has 6 rings (SSSR count). The summed E-state index contributed by atoms with van der Waals surface area (Å²) in [7, 11) is 0. The molecule has 1 N–H and O–H groups in total. The molecule has 2 fully saturated rings. The highest BCUT2D eigenvalue weighted by Gasteiger charge is 2.35. The molecule has 8 nitrogen and oxygen atoms in total. The average molecular weight is 525 g/mol. The number of piperidine rings is 1. The van der Waals surface area contributed by atoms with Crippen molar-refractivity contribution in [3.63, 3.8) is 0 Å². The SMILES string of the molecule is O=C([C@H]1Cc2cc(Cl)cc(-c3ccnc4cc(CN5C(=O)CCCC5=O)sc34)c2O1)N1CCNCC1. The number of rotatable bonds is 4. The summed E-state index contributed by atoms with van der Waals surface area (Å²) in [4.78, 5) is 46.4. The molecule has 1 aromatic carbocycles. The summed E-state index contributed by atoms with van der Waals surface area (Å²) in [5, 5.41) is 3.85. The van der Waals surface area contributed by atoms with E-state index in [1.54, 1.807) is 6.20 Å². The summed E-state index contributed by atoms with van der Waals surface area (Å²) < 4.78 is 7.21. The van der Waals surface area contributed by atoms with E-state index in [1.165, 1.54) is 16.2 Å². The highest BCUT2D eigenvalue weighted by Crippen LogP contribution is 2.45. The third-order valence-electron chi connectivity index (χ3n) is 6.95. The highest BCUT2D eigenvalue weighted by atomic mass is 35.5. The van der Waals surface area contributed by atoms with E-state index in [0.717, 1.165) is 44.9 Å². The molecular weight excluding hydrogens is 500 g/mol. The van der Waals surface area contributed by atoms with Crippen LogP contribution in [0.25, 0.3) is 21.3 Å². The topological polar surface area (TPSA) is 91.8 Å². The fourth-order valence-corrected chi connectivity index (χ4v) is 6.53. The number of hydrogen-bond donors (Lipinski definition) is 1. The summed E-state index contributed by atoms with van der Waals surface area (Å²) in [6.07, 6.45) is 3.07. The Balaban J connectivity index is 1.33. The van der Waals surface area contributed by atoms with Gasteiger partial charge in [0.25, 0.3) is 5.91 Å². The molecule has 36 heavy (non-hydrogen) atoms. The van der Waals surface area contributed by atoms with Gasteiger partial charge in [0.1, 0.15) is 5.75 Å². The third kappa shape index (κ3) is 4.25. The molecule has 3 aliphatic heterocycles. The predicted molar refractivity (Wildman–Crippen MR) is 137 cm³/mol. The van der Waals surface area contributed by atoms with Crippen LogP contribution in [-0.4, -0.2) is 64.8 Å². The molecule has 10 heteroatoms. The van der Waals surface area contributed by atoms with Crippen LogP contribution in [-0.2, 0) is 27.3 Å². The number of benzene rings is 1. The maximum atomic E-state index is 13.1. The Morgan fingerprint density at radius 3 is 2.69 bits per heavy atom. The van der Waals surface area contributed by atoms with Crippen molar-refractivity contribution in [3.8, 4) is 16.9 Å². The number of nitrogens with zero attached hydrogens (tertiary/aromatic N) is 3. The van der Waals surface area contributed by atoms with Crippen LogP contribution in [0.15, 0.2) is 30.5 Å². The Bertz CT molecular complexity index is 1370. The fourth-order valence-electron chi connectivity index (χ4n) is 5.16. The van der Waals surface area contributed by atoms with Gasteiger partial charge >= 0.3 is 0 Å². The molecule has 1 atom stereocenters. The normalized spacial score (nSPS) is 20.1. The maximum Gasteiger partial charge on any atom is 0.264 e. The van der Waals surface area contributed by atoms with Crippen molar-refractivity contribution in [2.45, 2.75) is 38.3 Å². The van der Waals surface area contributed by atoms with Crippen LogP contribution in [0.2, 0.25) is 5.02 Å². The first-order valence-corrected chi connectivity index (χ1v) is 13.4. The second kappa shape index (κ2) is 9.46. The number of piperazine rings is 1. The van der Waals surface area contributed by atoms with Crippen LogP contribution in [0.3, 0.4) is 0 Å². The Hall–Kier alpha value is -3.01. The molecule has 0 saturated carbocycles. The summed E-state index contributed by atoms with van der Waals surface area (Å²) in [6.45, 7) is 3.17. The van der Waals surface area contributed by atoms with E-state index in [1.807, 2.05) is 29.2 Å². The molecule has 3 aliphatic rings. The Morgan fingerprint density at radius 1 is 1.14 bits per heavy atom. The van der Waals surface area contributed by atoms with Crippen molar-refractivity contribution >= 4 is 50.9 Å². The van der Waals surface area contributed by atoms with E-state index in [-0.39, 0.29) is 24.3 Å². The summed E-state index contributed by atoms with van der Waals surface area (Å²) in [6, 6.07) is 7.59. The number of amides is 3. The second-order valence-electron chi connectivity index (χ2n) is 9.34. The van der Waals surface area contributed by atoms with Gasteiger partial charge in [-0.1, -0.05) is 11.6 Å². The lowest BCUT2D eigenvalue weighted by Gasteiger charge is -2.29. The standard InChI is InChI=1S/C26H25ClN4O4S/c27-16-10-15-11-21(26(34)30-8-6-28-7-9-30)35-24(15)19(12-16)18-4-5-29-20-13-17(36-25(18)20)14-31-22(32)2-1-3-23(31)33/h4-5,10,12-13,21,28H,1-3,6-9,11,14H2/t21-/m1/s1. The number of carbonyl (C=O) groups is 3. The summed E-state index contributed by atoms with van der Waals surface area (Å²) >= 11 is 8.03. The Labute approximate surface area is 217 Å². The van der Waals surface area contributed by atoms with Crippen LogP contribution in [0.5, 0.6) is 5.75 Å². The minimum atomic E-state index is -0.567. The van der Waals surface area contributed by atoms with E-state index >= 15 is 0 Å². The predicted octanol–water partition coefficient (Wildman–Crippen LogP) is 3.39. The molecule has 0 bridgehead atoms. The number of carbonyl (C=O) groups excluding carboxylic acids is 3. The summed E-state index contributed by atoms with van der Waals surface area (Å²) in [5.41, 5.74) is 3.42.